The minimum Gasteiger partial charge on any atom is -0.475 e. The van der Waals surface area contributed by atoms with Crippen LogP contribution in [0.3, 0.4) is 0 Å². The van der Waals surface area contributed by atoms with E-state index in [-0.39, 0.29) is 16.6 Å². The summed E-state index contributed by atoms with van der Waals surface area (Å²) in [5, 5.41) is 8.92. The molecule has 0 unspecified atom stereocenters. The monoisotopic (exact) mass is 422 g/mol. The number of fused-ring (bicyclic) bond motifs is 1. The third-order valence-corrected chi connectivity index (χ3v) is 6.60. The molecular weight excluding hydrogens is 400 g/mol. The summed E-state index contributed by atoms with van der Waals surface area (Å²) >= 11 is 0. The number of para-hydroxylation sites is 2. The van der Waals surface area contributed by atoms with Crippen LogP contribution in [-0.2, 0) is 10.0 Å². The number of nitrogens with zero attached hydrogens (tertiary/aromatic N) is 3. The molecule has 30 heavy (non-hydrogen) atoms. The molecule has 1 aliphatic carbocycles. The molecule has 8 heteroatoms. The minimum atomic E-state index is -3.91. The van der Waals surface area contributed by atoms with Gasteiger partial charge in [-0.2, -0.15) is 5.26 Å². The molecule has 0 saturated heterocycles. The molecule has 4 rings (SSSR count). The molecular formula is C22H22N4O3S. The average Bonchev–Trinajstić information content (AvgIpc) is 2.78. The summed E-state index contributed by atoms with van der Waals surface area (Å²) in [7, 11) is -3.91. The lowest BCUT2D eigenvalue weighted by Gasteiger charge is -2.22. The van der Waals surface area contributed by atoms with Gasteiger partial charge in [-0.15, -0.1) is 0 Å². The molecule has 0 radical (unpaired) electrons. The van der Waals surface area contributed by atoms with Crippen molar-refractivity contribution in [2.24, 2.45) is 5.92 Å². The number of benzene rings is 2. The highest BCUT2D eigenvalue weighted by Crippen LogP contribution is 2.29. The van der Waals surface area contributed by atoms with Crippen LogP contribution >= 0.6 is 0 Å². The summed E-state index contributed by atoms with van der Waals surface area (Å²) in [4.78, 5) is 9.00. The van der Waals surface area contributed by atoms with Crippen molar-refractivity contribution in [3.63, 3.8) is 0 Å². The van der Waals surface area contributed by atoms with Crippen molar-refractivity contribution in [3.8, 4) is 11.9 Å². The fourth-order valence-electron chi connectivity index (χ4n) is 3.60. The fourth-order valence-corrected chi connectivity index (χ4v) is 4.60. The second-order valence-electron chi connectivity index (χ2n) is 7.42. The van der Waals surface area contributed by atoms with Crippen LogP contribution < -0.4 is 9.46 Å². The molecule has 0 aliphatic heterocycles. The van der Waals surface area contributed by atoms with E-state index in [1.165, 1.54) is 43.5 Å². The van der Waals surface area contributed by atoms with E-state index in [1.54, 1.807) is 6.07 Å². The maximum atomic E-state index is 12.9. The quantitative estimate of drug-likeness (QED) is 0.636. The molecule has 1 N–H and O–H groups in total. The van der Waals surface area contributed by atoms with E-state index >= 15 is 0 Å². The second kappa shape index (κ2) is 8.67. The molecule has 1 aliphatic rings. The number of nitriles is 1. The van der Waals surface area contributed by atoms with Crippen LogP contribution in [0.1, 0.15) is 37.7 Å². The normalized spacial score (nSPS) is 14.9. The van der Waals surface area contributed by atoms with Gasteiger partial charge in [0.1, 0.15) is 0 Å². The third kappa shape index (κ3) is 4.52. The maximum Gasteiger partial charge on any atom is 0.263 e. The van der Waals surface area contributed by atoms with Crippen molar-refractivity contribution in [1.82, 2.24) is 9.97 Å². The van der Waals surface area contributed by atoms with E-state index < -0.39 is 10.0 Å². The third-order valence-electron chi connectivity index (χ3n) is 5.24. The summed E-state index contributed by atoms with van der Waals surface area (Å²) in [5.74, 6) is 0.681. The molecule has 0 atom stereocenters. The van der Waals surface area contributed by atoms with E-state index in [0.717, 1.165) is 12.8 Å². The molecule has 1 saturated carbocycles. The number of aromatic nitrogens is 2. The number of hydrogen-bond donors (Lipinski definition) is 1. The first-order chi connectivity index (χ1) is 14.5. The highest BCUT2D eigenvalue weighted by Gasteiger charge is 2.21. The number of rotatable bonds is 6. The predicted molar refractivity (Wildman–Crippen MR) is 114 cm³/mol. The van der Waals surface area contributed by atoms with E-state index in [1.807, 2.05) is 24.3 Å². The summed E-state index contributed by atoms with van der Waals surface area (Å²) < 4.78 is 34.2. The Morgan fingerprint density at radius 1 is 1.00 bits per heavy atom. The van der Waals surface area contributed by atoms with Crippen LogP contribution in [-0.4, -0.2) is 25.0 Å². The molecule has 2 aromatic carbocycles. The van der Waals surface area contributed by atoms with Crippen LogP contribution in [0, 0.1) is 17.2 Å². The highest BCUT2D eigenvalue weighted by molar-refractivity contribution is 7.92. The van der Waals surface area contributed by atoms with E-state index in [2.05, 4.69) is 14.7 Å². The van der Waals surface area contributed by atoms with E-state index in [9.17, 15) is 8.42 Å². The minimum absolute atomic E-state index is 0.0367. The van der Waals surface area contributed by atoms with Gasteiger partial charge in [0.25, 0.3) is 15.9 Å². The second-order valence-corrected chi connectivity index (χ2v) is 9.11. The first kappa shape index (κ1) is 20.1. The summed E-state index contributed by atoms with van der Waals surface area (Å²) in [6.07, 6.45) is 5.84. The maximum absolute atomic E-state index is 12.9. The van der Waals surface area contributed by atoms with Crippen LogP contribution in [0.4, 0.5) is 5.82 Å². The zero-order valence-electron chi connectivity index (χ0n) is 16.4. The molecule has 1 aromatic heterocycles. The van der Waals surface area contributed by atoms with Crippen molar-refractivity contribution < 1.29 is 13.2 Å². The van der Waals surface area contributed by atoms with Crippen LogP contribution in [0.25, 0.3) is 11.0 Å². The molecule has 0 amide bonds. The van der Waals surface area contributed by atoms with Crippen molar-refractivity contribution in [2.45, 2.75) is 37.0 Å². The Labute approximate surface area is 175 Å². The van der Waals surface area contributed by atoms with Crippen LogP contribution in [0.5, 0.6) is 5.88 Å². The molecule has 0 bridgehead atoms. The van der Waals surface area contributed by atoms with Crippen molar-refractivity contribution in [3.05, 3.63) is 54.1 Å². The van der Waals surface area contributed by atoms with Gasteiger partial charge >= 0.3 is 0 Å². The molecule has 7 nitrogen and oxygen atoms in total. The zero-order valence-corrected chi connectivity index (χ0v) is 17.2. The van der Waals surface area contributed by atoms with Gasteiger partial charge < -0.3 is 4.74 Å². The van der Waals surface area contributed by atoms with E-state index in [4.69, 9.17) is 10.00 Å². The van der Waals surface area contributed by atoms with Gasteiger partial charge in [0.15, 0.2) is 0 Å². The van der Waals surface area contributed by atoms with Gasteiger partial charge in [0, 0.05) is 0 Å². The topological polar surface area (TPSA) is 105 Å². The highest BCUT2D eigenvalue weighted by atomic mass is 32.2. The Hall–Kier alpha value is -3.18. The van der Waals surface area contributed by atoms with Gasteiger partial charge in [-0.3, -0.25) is 4.72 Å². The largest absolute Gasteiger partial charge is 0.475 e. The molecule has 1 fully saturated rings. The van der Waals surface area contributed by atoms with Crippen molar-refractivity contribution in [2.75, 3.05) is 11.3 Å². The zero-order chi connectivity index (χ0) is 21.0. The standard InChI is InChI=1S/C22H22N4O3S/c23-14-16-10-12-18(13-11-16)30(27,28)26-21-22(29-15-17-6-2-1-3-7-17)25-20-9-5-4-8-19(20)24-21/h4-5,8-13,17H,1-3,6-7,15H2,(H,24,26). The lowest BCUT2D eigenvalue weighted by molar-refractivity contribution is 0.204. The Morgan fingerprint density at radius 3 is 2.33 bits per heavy atom. The van der Waals surface area contributed by atoms with E-state index in [0.29, 0.717) is 29.1 Å². The van der Waals surface area contributed by atoms with Crippen LogP contribution in [0.15, 0.2) is 53.4 Å². The summed E-state index contributed by atoms with van der Waals surface area (Å²) in [6.45, 7) is 0.485. The molecule has 0 spiro atoms. The Kier molecular flexibility index (Phi) is 5.81. The SMILES string of the molecule is N#Cc1ccc(S(=O)(=O)Nc2nc3ccccc3nc2OCC2CCCCC2)cc1. The molecule has 154 valence electrons. The van der Waals surface area contributed by atoms with Gasteiger partial charge in [0.05, 0.1) is 34.2 Å². The number of hydrogen-bond acceptors (Lipinski definition) is 6. The fraction of sp³-hybridized carbons (Fsp3) is 0.318. The average molecular weight is 423 g/mol. The number of anilines is 1. The number of ether oxygens (including phenoxy) is 1. The lowest BCUT2D eigenvalue weighted by atomic mass is 9.90. The molecule has 3 aromatic rings. The Morgan fingerprint density at radius 2 is 1.67 bits per heavy atom. The van der Waals surface area contributed by atoms with Gasteiger partial charge in [0.2, 0.25) is 5.82 Å². The molecule has 1 heterocycles. The van der Waals surface area contributed by atoms with Crippen molar-refractivity contribution in [1.29, 1.82) is 5.26 Å². The van der Waals surface area contributed by atoms with Gasteiger partial charge in [-0.25, -0.2) is 18.4 Å². The predicted octanol–water partition coefficient (Wildman–Crippen LogP) is 4.26. The lowest BCUT2D eigenvalue weighted by Crippen LogP contribution is -2.19. The van der Waals surface area contributed by atoms with Crippen LogP contribution in [0.2, 0.25) is 0 Å². The Balaban J connectivity index is 1.64. The number of nitrogens with one attached hydrogen (secondary N) is 1. The number of sulfonamides is 1. The first-order valence-electron chi connectivity index (χ1n) is 9.98. The van der Waals surface area contributed by atoms with Gasteiger partial charge in [-0.05, 0) is 55.2 Å². The van der Waals surface area contributed by atoms with Gasteiger partial charge in [-0.1, -0.05) is 31.4 Å². The smallest absolute Gasteiger partial charge is 0.263 e. The van der Waals surface area contributed by atoms with Crippen molar-refractivity contribution >= 4 is 26.9 Å². The summed E-state index contributed by atoms with van der Waals surface area (Å²) in [6, 6.07) is 14.9. The summed E-state index contributed by atoms with van der Waals surface area (Å²) in [5.41, 5.74) is 1.59. The first-order valence-corrected chi connectivity index (χ1v) is 11.5. The Bertz CT molecular complexity index is 1180.